The van der Waals surface area contributed by atoms with Crippen LogP contribution >= 0.6 is 11.3 Å². The third-order valence-electron chi connectivity index (χ3n) is 3.36. The molecular formula is C16H16N2O2S. The number of rotatable bonds is 5. The standard InChI is InChI=1S/C16H16N2O2S/c1-20-13-3-2-11-4-6-17-16(14(11)8-13)18-9-15(19)12-5-7-21-10-12/h2-8,10,15,19H,9H2,1H3,(H,17,18). The van der Waals surface area contributed by atoms with E-state index in [-0.39, 0.29) is 0 Å². The summed E-state index contributed by atoms with van der Waals surface area (Å²) in [6.45, 7) is 0.417. The highest BCUT2D eigenvalue weighted by Gasteiger charge is 2.09. The molecule has 0 spiro atoms. The molecule has 3 aromatic rings. The number of thiophene rings is 1. The lowest BCUT2D eigenvalue weighted by atomic mass is 10.1. The summed E-state index contributed by atoms with van der Waals surface area (Å²) < 4.78 is 5.26. The Kier molecular flexibility index (Phi) is 4.03. The molecule has 0 saturated heterocycles. The van der Waals surface area contributed by atoms with Crippen molar-refractivity contribution in [3.63, 3.8) is 0 Å². The molecule has 0 fully saturated rings. The molecule has 2 heterocycles. The molecule has 0 saturated carbocycles. The maximum Gasteiger partial charge on any atom is 0.134 e. The number of benzene rings is 1. The van der Waals surface area contributed by atoms with Crippen LogP contribution in [0.1, 0.15) is 11.7 Å². The van der Waals surface area contributed by atoms with Crippen LogP contribution in [0.25, 0.3) is 10.8 Å². The monoisotopic (exact) mass is 300 g/mol. The molecule has 0 aliphatic rings. The molecule has 0 aliphatic carbocycles. The Morgan fingerprint density at radius 2 is 2.24 bits per heavy atom. The van der Waals surface area contributed by atoms with E-state index < -0.39 is 6.10 Å². The molecule has 2 N–H and O–H groups in total. The zero-order valence-electron chi connectivity index (χ0n) is 11.6. The zero-order valence-corrected chi connectivity index (χ0v) is 12.4. The molecular weight excluding hydrogens is 284 g/mol. The summed E-state index contributed by atoms with van der Waals surface area (Å²) in [7, 11) is 1.64. The number of aliphatic hydroxyl groups excluding tert-OH is 1. The van der Waals surface area contributed by atoms with Gasteiger partial charge in [-0.15, -0.1) is 0 Å². The molecule has 108 valence electrons. The van der Waals surface area contributed by atoms with Gasteiger partial charge in [0.15, 0.2) is 0 Å². The summed E-state index contributed by atoms with van der Waals surface area (Å²) in [4.78, 5) is 4.36. The van der Waals surface area contributed by atoms with Gasteiger partial charge < -0.3 is 15.2 Å². The lowest BCUT2D eigenvalue weighted by molar-refractivity contribution is 0.192. The molecule has 1 atom stereocenters. The van der Waals surface area contributed by atoms with Crippen LogP contribution in [0.3, 0.4) is 0 Å². The average molecular weight is 300 g/mol. The van der Waals surface area contributed by atoms with Crippen molar-refractivity contribution in [2.75, 3.05) is 19.0 Å². The fourth-order valence-electron chi connectivity index (χ4n) is 2.19. The number of nitrogens with one attached hydrogen (secondary N) is 1. The highest BCUT2D eigenvalue weighted by molar-refractivity contribution is 7.07. The van der Waals surface area contributed by atoms with Gasteiger partial charge in [-0.25, -0.2) is 4.98 Å². The molecule has 1 unspecified atom stereocenters. The minimum absolute atomic E-state index is 0.417. The summed E-state index contributed by atoms with van der Waals surface area (Å²) >= 11 is 1.58. The number of pyridine rings is 1. The second kappa shape index (κ2) is 6.11. The first kappa shape index (κ1) is 13.9. The highest BCUT2D eigenvalue weighted by atomic mass is 32.1. The summed E-state index contributed by atoms with van der Waals surface area (Å²) in [5.41, 5.74) is 0.922. The second-order valence-corrected chi connectivity index (χ2v) is 5.48. The van der Waals surface area contributed by atoms with Gasteiger partial charge in [0, 0.05) is 18.1 Å². The van der Waals surface area contributed by atoms with E-state index in [1.807, 2.05) is 41.1 Å². The summed E-state index contributed by atoms with van der Waals surface area (Å²) in [5, 5.41) is 19.3. The Morgan fingerprint density at radius 3 is 3.00 bits per heavy atom. The third-order valence-corrected chi connectivity index (χ3v) is 4.07. The fraction of sp³-hybridized carbons (Fsp3) is 0.188. The minimum atomic E-state index is -0.543. The van der Waals surface area contributed by atoms with E-state index >= 15 is 0 Å². The molecule has 0 aliphatic heterocycles. The van der Waals surface area contributed by atoms with Gasteiger partial charge in [-0.3, -0.25) is 0 Å². The van der Waals surface area contributed by atoms with Crippen LogP contribution in [0.2, 0.25) is 0 Å². The van der Waals surface area contributed by atoms with Gasteiger partial charge in [0.25, 0.3) is 0 Å². The first-order valence-electron chi connectivity index (χ1n) is 6.64. The van der Waals surface area contributed by atoms with E-state index in [9.17, 15) is 5.11 Å². The van der Waals surface area contributed by atoms with Gasteiger partial charge in [-0.05, 0) is 46.0 Å². The van der Waals surface area contributed by atoms with Crippen LogP contribution < -0.4 is 10.1 Å². The van der Waals surface area contributed by atoms with Crippen LogP contribution in [-0.2, 0) is 0 Å². The topological polar surface area (TPSA) is 54.4 Å². The Labute approximate surface area is 127 Å². The quantitative estimate of drug-likeness (QED) is 0.758. The molecule has 0 radical (unpaired) electrons. The number of anilines is 1. The Morgan fingerprint density at radius 1 is 1.33 bits per heavy atom. The van der Waals surface area contributed by atoms with Gasteiger partial charge in [-0.2, -0.15) is 11.3 Å². The summed E-state index contributed by atoms with van der Waals surface area (Å²) in [6.07, 6.45) is 1.22. The fourth-order valence-corrected chi connectivity index (χ4v) is 2.90. The normalized spacial score (nSPS) is 12.3. The van der Waals surface area contributed by atoms with Crippen LogP contribution in [0.4, 0.5) is 5.82 Å². The molecule has 3 rings (SSSR count). The largest absolute Gasteiger partial charge is 0.497 e. The predicted molar refractivity (Wildman–Crippen MR) is 86.1 cm³/mol. The first-order chi connectivity index (χ1) is 10.3. The second-order valence-electron chi connectivity index (χ2n) is 4.70. The van der Waals surface area contributed by atoms with Gasteiger partial charge in [0.2, 0.25) is 0 Å². The van der Waals surface area contributed by atoms with Crippen LogP contribution in [0, 0.1) is 0 Å². The molecule has 4 nitrogen and oxygen atoms in total. The van der Waals surface area contributed by atoms with Crippen molar-refractivity contribution in [2.24, 2.45) is 0 Å². The molecule has 2 aromatic heterocycles. The number of aromatic nitrogens is 1. The maximum atomic E-state index is 10.1. The maximum absolute atomic E-state index is 10.1. The van der Waals surface area contributed by atoms with E-state index in [0.717, 1.165) is 27.9 Å². The van der Waals surface area contributed by atoms with Crippen molar-refractivity contribution >= 4 is 27.9 Å². The van der Waals surface area contributed by atoms with Crippen LogP contribution in [0.5, 0.6) is 5.75 Å². The van der Waals surface area contributed by atoms with E-state index in [4.69, 9.17) is 4.74 Å². The number of hydrogen-bond acceptors (Lipinski definition) is 5. The number of methoxy groups -OCH3 is 1. The Hall–Kier alpha value is -2.11. The number of ether oxygens (including phenoxy) is 1. The van der Waals surface area contributed by atoms with Crippen molar-refractivity contribution in [3.05, 3.63) is 52.9 Å². The van der Waals surface area contributed by atoms with Crippen LogP contribution in [0.15, 0.2) is 47.3 Å². The molecule has 0 amide bonds. The SMILES string of the molecule is COc1ccc2ccnc(NCC(O)c3ccsc3)c2c1. The van der Waals surface area contributed by atoms with Crippen molar-refractivity contribution in [1.82, 2.24) is 4.98 Å². The van der Waals surface area contributed by atoms with Gasteiger partial charge in [-0.1, -0.05) is 6.07 Å². The highest BCUT2D eigenvalue weighted by Crippen LogP contribution is 2.26. The lowest BCUT2D eigenvalue weighted by Crippen LogP contribution is -2.12. The van der Waals surface area contributed by atoms with Crippen molar-refractivity contribution in [1.29, 1.82) is 0 Å². The van der Waals surface area contributed by atoms with Crippen LogP contribution in [-0.4, -0.2) is 23.7 Å². The van der Waals surface area contributed by atoms with E-state index in [1.165, 1.54) is 0 Å². The van der Waals surface area contributed by atoms with Crippen molar-refractivity contribution in [2.45, 2.75) is 6.10 Å². The Bertz CT molecular complexity index is 728. The van der Waals surface area contributed by atoms with Gasteiger partial charge >= 0.3 is 0 Å². The number of fused-ring (bicyclic) bond motifs is 1. The summed E-state index contributed by atoms with van der Waals surface area (Å²) in [5.74, 6) is 1.54. The van der Waals surface area contributed by atoms with E-state index in [0.29, 0.717) is 6.54 Å². The van der Waals surface area contributed by atoms with E-state index in [1.54, 1.807) is 24.6 Å². The number of nitrogens with zero attached hydrogens (tertiary/aromatic N) is 1. The lowest BCUT2D eigenvalue weighted by Gasteiger charge is -2.13. The number of aliphatic hydroxyl groups is 1. The third kappa shape index (κ3) is 2.99. The molecule has 0 bridgehead atoms. The predicted octanol–water partition coefficient (Wildman–Crippen LogP) is 3.45. The zero-order chi connectivity index (χ0) is 14.7. The van der Waals surface area contributed by atoms with E-state index in [2.05, 4.69) is 10.3 Å². The average Bonchev–Trinajstić information content (AvgIpc) is 3.06. The van der Waals surface area contributed by atoms with Crippen molar-refractivity contribution in [3.8, 4) is 5.75 Å². The van der Waals surface area contributed by atoms with Gasteiger partial charge in [0.1, 0.15) is 11.6 Å². The molecule has 5 heteroatoms. The molecule has 1 aromatic carbocycles. The van der Waals surface area contributed by atoms with Crippen molar-refractivity contribution < 1.29 is 9.84 Å². The summed E-state index contributed by atoms with van der Waals surface area (Å²) in [6, 6.07) is 9.75. The smallest absolute Gasteiger partial charge is 0.134 e. The number of hydrogen-bond donors (Lipinski definition) is 2. The first-order valence-corrected chi connectivity index (χ1v) is 7.59. The minimum Gasteiger partial charge on any atom is -0.497 e. The Balaban J connectivity index is 1.83. The molecule has 21 heavy (non-hydrogen) atoms. The van der Waals surface area contributed by atoms with Gasteiger partial charge in [0.05, 0.1) is 13.2 Å².